The summed E-state index contributed by atoms with van der Waals surface area (Å²) < 4.78 is 5.92. The van der Waals surface area contributed by atoms with Gasteiger partial charge in [-0.2, -0.15) is 0 Å². The van der Waals surface area contributed by atoms with Gasteiger partial charge in [0.05, 0.1) is 12.0 Å². The van der Waals surface area contributed by atoms with Crippen LogP contribution in [-0.2, 0) is 9.53 Å². The number of aliphatic carboxylic acids is 1. The third-order valence-electron chi connectivity index (χ3n) is 4.88. The zero-order valence-corrected chi connectivity index (χ0v) is 12.8. The summed E-state index contributed by atoms with van der Waals surface area (Å²) in [6, 6.07) is 0.635. The lowest BCUT2D eigenvalue weighted by Crippen LogP contribution is -2.54. The van der Waals surface area contributed by atoms with Gasteiger partial charge in [-0.1, -0.05) is 6.92 Å². The van der Waals surface area contributed by atoms with Gasteiger partial charge in [0.15, 0.2) is 0 Å². The molecule has 0 saturated carbocycles. The smallest absolute Gasteiger partial charge is 0.304 e. The molecule has 2 aliphatic rings. The van der Waals surface area contributed by atoms with Gasteiger partial charge >= 0.3 is 5.97 Å². The zero-order chi connectivity index (χ0) is 14.6. The Balaban J connectivity index is 1.77. The highest BCUT2D eigenvalue weighted by Gasteiger charge is 2.35. The average molecular weight is 284 g/mol. The highest BCUT2D eigenvalue weighted by atomic mass is 16.5. The van der Waals surface area contributed by atoms with E-state index in [1.54, 1.807) is 0 Å². The normalized spacial score (nSPS) is 33.2. The van der Waals surface area contributed by atoms with Crippen molar-refractivity contribution in [2.24, 2.45) is 0 Å². The second-order valence-corrected chi connectivity index (χ2v) is 6.32. The van der Waals surface area contributed by atoms with Gasteiger partial charge in [-0.3, -0.25) is 9.69 Å². The number of rotatable bonds is 5. The number of hydrogen-bond donors (Lipinski definition) is 1. The van der Waals surface area contributed by atoms with Gasteiger partial charge in [-0.15, -0.1) is 0 Å². The first kappa shape index (κ1) is 15.7. The Morgan fingerprint density at radius 1 is 1.35 bits per heavy atom. The van der Waals surface area contributed by atoms with E-state index in [1.807, 2.05) is 0 Å². The Hall–Kier alpha value is -0.650. The largest absolute Gasteiger partial charge is 0.481 e. The zero-order valence-electron chi connectivity index (χ0n) is 12.8. The average Bonchev–Trinajstić information content (AvgIpc) is 2.46. The summed E-state index contributed by atoms with van der Waals surface area (Å²) in [5.41, 5.74) is 0.0450. The molecule has 5 nitrogen and oxygen atoms in total. The number of piperazine rings is 1. The van der Waals surface area contributed by atoms with Crippen molar-refractivity contribution in [3.63, 3.8) is 0 Å². The summed E-state index contributed by atoms with van der Waals surface area (Å²) in [7, 11) is 0. The summed E-state index contributed by atoms with van der Waals surface area (Å²) in [4.78, 5) is 15.5. The SMILES string of the molecule is CCC1(C)CC(N2CCN(CCC(=O)O)CC2)CCO1. The third kappa shape index (κ3) is 4.17. The highest BCUT2D eigenvalue weighted by Crippen LogP contribution is 2.30. The topological polar surface area (TPSA) is 53.0 Å². The standard InChI is InChI=1S/C15H28N2O3/c1-3-15(2)12-13(5-11-20-15)17-9-7-16(8-10-17)6-4-14(18)19/h13H,3-12H2,1-2H3,(H,18,19). The fraction of sp³-hybridized carbons (Fsp3) is 0.933. The molecule has 0 amide bonds. The van der Waals surface area contributed by atoms with E-state index >= 15 is 0 Å². The van der Waals surface area contributed by atoms with Crippen molar-refractivity contribution in [3.05, 3.63) is 0 Å². The molecule has 2 rings (SSSR count). The Morgan fingerprint density at radius 2 is 2.05 bits per heavy atom. The molecule has 2 heterocycles. The van der Waals surface area contributed by atoms with Crippen molar-refractivity contribution >= 4 is 5.97 Å². The van der Waals surface area contributed by atoms with E-state index in [0.717, 1.165) is 52.0 Å². The van der Waals surface area contributed by atoms with Crippen LogP contribution in [0.15, 0.2) is 0 Å². The van der Waals surface area contributed by atoms with Crippen LogP contribution >= 0.6 is 0 Å². The van der Waals surface area contributed by atoms with Crippen LogP contribution in [0, 0.1) is 0 Å². The highest BCUT2D eigenvalue weighted by molar-refractivity contribution is 5.66. The fourth-order valence-corrected chi connectivity index (χ4v) is 3.26. The van der Waals surface area contributed by atoms with Crippen molar-refractivity contribution in [1.82, 2.24) is 9.80 Å². The van der Waals surface area contributed by atoms with Gasteiger partial charge in [0.25, 0.3) is 0 Å². The third-order valence-corrected chi connectivity index (χ3v) is 4.88. The van der Waals surface area contributed by atoms with E-state index in [2.05, 4.69) is 23.6 Å². The molecule has 0 spiro atoms. The molecule has 0 bridgehead atoms. The Morgan fingerprint density at radius 3 is 2.65 bits per heavy atom. The van der Waals surface area contributed by atoms with E-state index in [9.17, 15) is 4.79 Å². The van der Waals surface area contributed by atoms with Gasteiger partial charge in [-0.25, -0.2) is 0 Å². The number of ether oxygens (including phenoxy) is 1. The van der Waals surface area contributed by atoms with Gasteiger partial charge in [-0.05, 0) is 26.2 Å². The first-order valence-corrected chi connectivity index (χ1v) is 7.84. The second kappa shape index (κ2) is 6.87. The van der Waals surface area contributed by atoms with Crippen LogP contribution in [0.1, 0.15) is 39.5 Å². The second-order valence-electron chi connectivity index (χ2n) is 6.32. The summed E-state index contributed by atoms with van der Waals surface area (Å²) in [6.45, 7) is 10.1. The molecule has 2 fully saturated rings. The molecule has 2 aliphatic heterocycles. The van der Waals surface area contributed by atoms with Crippen LogP contribution in [0.2, 0.25) is 0 Å². The maximum Gasteiger partial charge on any atom is 0.304 e. The molecule has 2 saturated heterocycles. The molecule has 5 heteroatoms. The summed E-state index contributed by atoms with van der Waals surface area (Å²) >= 11 is 0. The van der Waals surface area contributed by atoms with Crippen LogP contribution in [0.3, 0.4) is 0 Å². The predicted molar refractivity (Wildman–Crippen MR) is 77.9 cm³/mol. The van der Waals surface area contributed by atoms with Gasteiger partial charge in [0, 0.05) is 45.4 Å². The maximum absolute atomic E-state index is 10.6. The van der Waals surface area contributed by atoms with E-state index in [1.165, 1.54) is 0 Å². The van der Waals surface area contributed by atoms with E-state index in [4.69, 9.17) is 9.84 Å². The van der Waals surface area contributed by atoms with Crippen molar-refractivity contribution in [2.75, 3.05) is 39.3 Å². The summed E-state index contributed by atoms with van der Waals surface area (Å²) in [5.74, 6) is -0.699. The Bertz CT molecular complexity index is 329. The quantitative estimate of drug-likeness (QED) is 0.827. The van der Waals surface area contributed by atoms with Crippen molar-refractivity contribution < 1.29 is 14.6 Å². The van der Waals surface area contributed by atoms with E-state index in [0.29, 0.717) is 12.6 Å². The predicted octanol–water partition coefficient (Wildman–Crippen LogP) is 1.43. The lowest BCUT2D eigenvalue weighted by molar-refractivity contribution is -0.137. The maximum atomic E-state index is 10.6. The molecule has 0 aromatic heterocycles. The number of carboxylic acids is 1. The molecule has 1 N–H and O–H groups in total. The monoisotopic (exact) mass is 284 g/mol. The van der Waals surface area contributed by atoms with Crippen LogP contribution in [0.4, 0.5) is 0 Å². The molecule has 0 aromatic carbocycles. The van der Waals surface area contributed by atoms with Crippen molar-refractivity contribution in [3.8, 4) is 0 Å². The van der Waals surface area contributed by atoms with Crippen LogP contribution in [0.5, 0.6) is 0 Å². The lowest BCUT2D eigenvalue weighted by atomic mass is 9.89. The van der Waals surface area contributed by atoms with Crippen LogP contribution in [0.25, 0.3) is 0 Å². The molecular formula is C15H28N2O3. The summed E-state index contributed by atoms with van der Waals surface area (Å²) in [6.07, 6.45) is 3.58. The molecular weight excluding hydrogens is 256 g/mol. The Kier molecular flexibility index (Phi) is 5.41. The first-order valence-electron chi connectivity index (χ1n) is 7.84. The molecule has 2 unspecified atom stereocenters. The number of carboxylic acid groups (broad SMARTS) is 1. The first-order chi connectivity index (χ1) is 9.52. The minimum absolute atomic E-state index is 0.0450. The number of nitrogens with zero attached hydrogens (tertiary/aromatic N) is 2. The van der Waals surface area contributed by atoms with Crippen molar-refractivity contribution in [1.29, 1.82) is 0 Å². The lowest BCUT2D eigenvalue weighted by Gasteiger charge is -2.45. The fourth-order valence-electron chi connectivity index (χ4n) is 3.26. The van der Waals surface area contributed by atoms with Crippen LogP contribution < -0.4 is 0 Å². The number of carbonyl (C=O) groups is 1. The molecule has 116 valence electrons. The van der Waals surface area contributed by atoms with E-state index in [-0.39, 0.29) is 12.0 Å². The minimum Gasteiger partial charge on any atom is -0.481 e. The number of hydrogen-bond acceptors (Lipinski definition) is 4. The van der Waals surface area contributed by atoms with Crippen molar-refractivity contribution in [2.45, 2.75) is 51.2 Å². The Labute approximate surface area is 121 Å². The molecule has 0 radical (unpaired) electrons. The molecule has 20 heavy (non-hydrogen) atoms. The molecule has 0 aromatic rings. The van der Waals surface area contributed by atoms with Gasteiger partial charge < -0.3 is 14.7 Å². The van der Waals surface area contributed by atoms with Crippen LogP contribution in [-0.4, -0.2) is 71.8 Å². The molecule has 0 aliphatic carbocycles. The minimum atomic E-state index is -0.699. The summed E-state index contributed by atoms with van der Waals surface area (Å²) in [5, 5.41) is 8.73. The van der Waals surface area contributed by atoms with Gasteiger partial charge in [0.1, 0.15) is 0 Å². The van der Waals surface area contributed by atoms with E-state index < -0.39 is 5.97 Å². The van der Waals surface area contributed by atoms with Gasteiger partial charge in [0.2, 0.25) is 0 Å². The molecule has 2 atom stereocenters.